The molecule has 100 valence electrons. The van der Waals surface area contributed by atoms with Crippen molar-refractivity contribution in [3.8, 4) is 5.75 Å². The first-order valence-electron chi connectivity index (χ1n) is 6.90. The third kappa shape index (κ3) is 2.18. The fourth-order valence-electron chi connectivity index (χ4n) is 3.54. The Labute approximate surface area is 113 Å². The summed E-state index contributed by atoms with van der Waals surface area (Å²) >= 11 is 0. The maximum absolute atomic E-state index is 12.2. The molecule has 0 spiro atoms. The predicted molar refractivity (Wildman–Crippen MR) is 71.3 cm³/mol. The van der Waals surface area contributed by atoms with E-state index < -0.39 is 0 Å². The number of hydrogen-bond acceptors (Lipinski definition) is 3. The maximum Gasteiger partial charge on any atom is 0.163 e. The van der Waals surface area contributed by atoms with Gasteiger partial charge in [-0.3, -0.25) is 9.59 Å². The summed E-state index contributed by atoms with van der Waals surface area (Å²) in [5.41, 5.74) is 0.677. The highest BCUT2D eigenvalue weighted by Crippen LogP contribution is 2.47. The van der Waals surface area contributed by atoms with Crippen molar-refractivity contribution >= 4 is 11.6 Å². The van der Waals surface area contributed by atoms with E-state index in [0.29, 0.717) is 23.7 Å². The molecular formula is C16H18O3. The highest BCUT2D eigenvalue weighted by molar-refractivity contribution is 6.00. The smallest absolute Gasteiger partial charge is 0.163 e. The van der Waals surface area contributed by atoms with Gasteiger partial charge in [0.15, 0.2) is 5.78 Å². The van der Waals surface area contributed by atoms with E-state index >= 15 is 0 Å². The second-order valence-electron chi connectivity index (χ2n) is 5.63. The molecule has 0 N–H and O–H groups in total. The summed E-state index contributed by atoms with van der Waals surface area (Å²) < 4.78 is 5.07. The van der Waals surface area contributed by atoms with Crippen LogP contribution < -0.4 is 4.74 Å². The molecule has 19 heavy (non-hydrogen) atoms. The summed E-state index contributed by atoms with van der Waals surface area (Å²) in [4.78, 5) is 24.3. The first-order valence-corrected chi connectivity index (χ1v) is 6.90. The summed E-state index contributed by atoms with van der Waals surface area (Å²) in [5, 5.41) is 0. The van der Waals surface area contributed by atoms with Gasteiger partial charge >= 0.3 is 0 Å². The lowest BCUT2D eigenvalue weighted by molar-refractivity contribution is -0.125. The molecule has 0 heterocycles. The zero-order valence-corrected chi connectivity index (χ0v) is 11.1. The summed E-state index contributed by atoms with van der Waals surface area (Å²) in [6.07, 6.45) is 3.55. The number of ketones is 2. The third-order valence-electron chi connectivity index (χ3n) is 4.63. The molecule has 3 nitrogen and oxygen atoms in total. The molecule has 0 amide bonds. The van der Waals surface area contributed by atoms with Gasteiger partial charge in [-0.25, -0.2) is 0 Å². The van der Waals surface area contributed by atoms with Gasteiger partial charge in [0.25, 0.3) is 0 Å². The Kier molecular flexibility index (Phi) is 3.13. The Balaban J connectivity index is 1.69. The Bertz CT molecular complexity index is 503. The molecular weight excluding hydrogens is 240 g/mol. The van der Waals surface area contributed by atoms with E-state index in [9.17, 15) is 9.59 Å². The van der Waals surface area contributed by atoms with Crippen molar-refractivity contribution in [3.63, 3.8) is 0 Å². The number of fused-ring (bicyclic) bond motifs is 2. The van der Waals surface area contributed by atoms with Crippen LogP contribution >= 0.6 is 0 Å². The fourth-order valence-corrected chi connectivity index (χ4v) is 3.54. The van der Waals surface area contributed by atoms with Crippen LogP contribution in [0.15, 0.2) is 24.3 Å². The first-order chi connectivity index (χ1) is 9.19. The zero-order chi connectivity index (χ0) is 13.4. The number of rotatable bonds is 4. The molecule has 3 heteroatoms. The summed E-state index contributed by atoms with van der Waals surface area (Å²) in [5.74, 6) is 1.84. The normalized spacial score (nSPS) is 28.7. The van der Waals surface area contributed by atoms with Gasteiger partial charge in [0, 0.05) is 23.8 Å². The quantitative estimate of drug-likeness (QED) is 0.780. The van der Waals surface area contributed by atoms with Crippen LogP contribution in [0, 0.1) is 17.8 Å². The standard InChI is InChI=1S/C16H18O3/c1-19-13-6-4-10(5-7-13)15(17)9-14-11-2-3-12(8-11)16(14)18/h4-7,11-12,14H,2-3,8-9H2,1H3/t11-,12+,14-/m1/s1. The van der Waals surface area contributed by atoms with Crippen molar-refractivity contribution in [2.45, 2.75) is 25.7 Å². The molecule has 2 saturated carbocycles. The third-order valence-corrected chi connectivity index (χ3v) is 4.63. The van der Waals surface area contributed by atoms with Crippen LogP contribution in [0.25, 0.3) is 0 Å². The van der Waals surface area contributed by atoms with Crippen LogP contribution in [0.4, 0.5) is 0 Å². The van der Waals surface area contributed by atoms with Crippen molar-refractivity contribution < 1.29 is 14.3 Å². The molecule has 2 aliphatic carbocycles. The second kappa shape index (κ2) is 4.80. The minimum atomic E-state index is -0.0200. The van der Waals surface area contributed by atoms with E-state index in [4.69, 9.17) is 4.74 Å². The van der Waals surface area contributed by atoms with E-state index in [0.717, 1.165) is 25.0 Å². The van der Waals surface area contributed by atoms with Crippen molar-refractivity contribution in [1.82, 2.24) is 0 Å². The highest BCUT2D eigenvalue weighted by Gasteiger charge is 2.47. The van der Waals surface area contributed by atoms with Gasteiger partial charge in [0.1, 0.15) is 11.5 Å². The average molecular weight is 258 g/mol. The molecule has 2 fully saturated rings. The minimum Gasteiger partial charge on any atom is -0.497 e. The molecule has 2 aliphatic rings. The van der Waals surface area contributed by atoms with Crippen molar-refractivity contribution in [1.29, 1.82) is 0 Å². The molecule has 3 rings (SSSR count). The Morgan fingerprint density at radius 1 is 1.26 bits per heavy atom. The summed E-state index contributed by atoms with van der Waals surface area (Å²) in [6, 6.07) is 7.13. The van der Waals surface area contributed by atoms with Gasteiger partial charge in [0.2, 0.25) is 0 Å². The second-order valence-corrected chi connectivity index (χ2v) is 5.63. The zero-order valence-electron chi connectivity index (χ0n) is 11.1. The van der Waals surface area contributed by atoms with E-state index in [1.54, 1.807) is 31.4 Å². The molecule has 0 saturated heterocycles. The minimum absolute atomic E-state index is 0.0200. The van der Waals surface area contributed by atoms with Crippen LogP contribution in [-0.2, 0) is 4.79 Å². The largest absolute Gasteiger partial charge is 0.497 e. The molecule has 0 unspecified atom stereocenters. The lowest BCUT2D eigenvalue weighted by atomic mass is 9.83. The monoisotopic (exact) mass is 258 g/mol. The number of ether oxygens (including phenoxy) is 1. The number of hydrogen-bond donors (Lipinski definition) is 0. The van der Waals surface area contributed by atoms with E-state index in [2.05, 4.69) is 0 Å². The first kappa shape index (κ1) is 12.4. The Morgan fingerprint density at radius 3 is 2.58 bits per heavy atom. The maximum atomic E-state index is 12.2. The van der Waals surface area contributed by atoms with Crippen molar-refractivity contribution in [3.05, 3.63) is 29.8 Å². The van der Waals surface area contributed by atoms with Crippen LogP contribution in [0.1, 0.15) is 36.0 Å². The van der Waals surface area contributed by atoms with Gasteiger partial charge < -0.3 is 4.74 Å². The number of benzene rings is 1. The molecule has 3 atom stereocenters. The van der Waals surface area contributed by atoms with E-state index in [-0.39, 0.29) is 17.6 Å². The number of Topliss-reactive ketones (excluding diaryl/α,β-unsaturated/α-hetero) is 2. The summed E-state index contributed by atoms with van der Waals surface area (Å²) in [6.45, 7) is 0. The number of methoxy groups -OCH3 is 1. The lowest BCUT2D eigenvalue weighted by Crippen LogP contribution is -2.24. The fraction of sp³-hybridized carbons (Fsp3) is 0.500. The van der Waals surface area contributed by atoms with Gasteiger partial charge in [0.05, 0.1) is 7.11 Å². The van der Waals surface area contributed by atoms with Gasteiger partial charge in [-0.15, -0.1) is 0 Å². The summed E-state index contributed by atoms with van der Waals surface area (Å²) in [7, 11) is 1.60. The molecule has 2 bridgehead atoms. The van der Waals surface area contributed by atoms with Crippen LogP contribution in [0.5, 0.6) is 5.75 Å². The van der Waals surface area contributed by atoms with Gasteiger partial charge in [-0.05, 0) is 49.4 Å². The van der Waals surface area contributed by atoms with Crippen molar-refractivity contribution in [2.75, 3.05) is 7.11 Å². The SMILES string of the molecule is COc1ccc(C(=O)C[C@H]2C(=O)[C@H]3CC[C@@H]2C3)cc1. The molecule has 1 aromatic rings. The van der Waals surface area contributed by atoms with E-state index in [1.807, 2.05) is 0 Å². The predicted octanol–water partition coefficient (Wildman–Crippen LogP) is 2.88. The highest BCUT2D eigenvalue weighted by atomic mass is 16.5. The van der Waals surface area contributed by atoms with Crippen LogP contribution in [0.2, 0.25) is 0 Å². The average Bonchev–Trinajstić information content (AvgIpc) is 3.02. The Hall–Kier alpha value is -1.64. The molecule has 0 radical (unpaired) electrons. The van der Waals surface area contributed by atoms with Crippen LogP contribution in [-0.4, -0.2) is 18.7 Å². The topological polar surface area (TPSA) is 43.4 Å². The van der Waals surface area contributed by atoms with Gasteiger partial charge in [-0.1, -0.05) is 0 Å². The molecule has 1 aromatic carbocycles. The Morgan fingerprint density at radius 2 is 2.00 bits per heavy atom. The number of carbonyl (C=O) groups is 2. The van der Waals surface area contributed by atoms with Crippen molar-refractivity contribution in [2.24, 2.45) is 17.8 Å². The van der Waals surface area contributed by atoms with E-state index in [1.165, 1.54) is 0 Å². The van der Waals surface area contributed by atoms with Gasteiger partial charge in [-0.2, -0.15) is 0 Å². The van der Waals surface area contributed by atoms with Crippen LogP contribution in [0.3, 0.4) is 0 Å². The lowest BCUT2D eigenvalue weighted by Gasteiger charge is -2.19. The number of carbonyl (C=O) groups excluding carboxylic acids is 2. The molecule has 0 aromatic heterocycles. The molecule has 0 aliphatic heterocycles.